The third-order valence-corrected chi connectivity index (χ3v) is 5.26. The molecule has 0 radical (unpaired) electrons. The predicted octanol–water partition coefficient (Wildman–Crippen LogP) is 5.00. The van der Waals surface area contributed by atoms with E-state index in [2.05, 4.69) is 5.32 Å². The van der Waals surface area contributed by atoms with Gasteiger partial charge in [0.25, 0.3) is 0 Å². The van der Waals surface area contributed by atoms with E-state index in [-0.39, 0.29) is 28.5 Å². The van der Waals surface area contributed by atoms with Crippen molar-refractivity contribution in [3.63, 3.8) is 0 Å². The number of nitrogens with one attached hydrogen (secondary N) is 1. The van der Waals surface area contributed by atoms with Crippen LogP contribution in [0.4, 0.5) is 4.79 Å². The Bertz CT molecular complexity index is 1130. The van der Waals surface area contributed by atoms with Crippen LogP contribution in [0.2, 0.25) is 10.0 Å². The van der Waals surface area contributed by atoms with Gasteiger partial charge < -0.3 is 15.2 Å². The van der Waals surface area contributed by atoms with Crippen molar-refractivity contribution in [1.29, 1.82) is 0 Å². The summed E-state index contributed by atoms with van der Waals surface area (Å²) in [5.74, 6) is -1.41. The summed E-state index contributed by atoms with van der Waals surface area (Å²) in [5, 5.41) is 13.4. The molecule has 2 aromatic rings. The average Bonchev–Trinajstić information content (AvgIpc) is 2.74. The van der Waals surface area contributed by atoms with Gasteiger partial charge in [-0.05, 0) is 49.7 Å². The van der Waals surface area contributed by atoms with Crippen molar-refractivity contribution in [2.75, 3.05) is 6.61 Å². The lowest BCUT2D eigenvalue weighted by Crippen LogP contribution is -2.46. The maximum Gasteiger partial charge on any atom is 0.338 e. The van der Waals surface area contributed by atoms with E-state index in [0.29, 0.717) is 16.3 Å². The minimum absolute atomic E-state index is 0.0217. The Kier molecular flexibility index (Phi) is 7.22. The highest BCUT2D eigenvalue weighted by atomic mass is 35.5. The Morgan fingerprint density at radius 3 is 2.47 bits per heavy atom. The fraction of sp³-hybridized carbons (Fsp3) is 0.174. The maximum atomic E-state index is 12.8. The molecule has 7 nitrogen and oxygen atoms in total. The summed E-state index contributed by atoms with van der Waals surface area (Å²) in [4.78, 5) is 39.4. The summed E-state index contributed by atoms with van der Waals surface area (Å²) < 4.78 is 5.20. The number of esters is 1. The summed E-state index contributed by atoms with van der Waals surface area (Å²) in [6.07, 6.45) is 2.38. The van der Waals surface area contributed by atoms with Gasteiger partial charge >= 0.3 is 12.0 Å². The van der Waals surface area contributed by atoms with E-state index < -0.39 is 23.8 Å². The summed E-state index contributed by atoms with van der Waals surface area (Å²) in [7, 11) is 0. The largest absolute Gasteiger partial charge is 0.507 e. The van der Waals surface area contributed by atoms with E-state index >= 15 is 0 Å². The Hall–Kier alpha value is -3.29. The van der Waals surface area contributed by atoms with E-state index in [4.69, 9.17) is 27.9 Å². The number of allylic oxidation sites excluding steroid dienone is 2. The number of aromatic hydroxyl groups is 1. The molecule has 1 aliphatic heterocycles. The number of hydrogen-bond acceptors (Lipinski definition) is 5. The smallest absolute Gasteiger partial charge is 0.338 e. The van der Waals surface area contributed by atoms with Gasteiger partial charge in [-0.2, -0.15) is 0 Å². The molecule has 166 valence electrons. The van der Waals surface area contributed by atoms with Gasteiger partial charge in [0.15, 0.2) is 5.78 Å². The van der Waals surface area contributed by atoms with Crippen LogP contribution in [0.3, 0.4) is 0 Å². The minimum Gasteiger partial charge on any atom is -0.507 e. The lowest BCUT2D eigenvalue weighted by molar-refractivity contribution is -0.139. The molecule has 0 bridgehead atoms. The first-order valence-electron chi connectivity index (χ1n) is 9.66. The second kappa shape index (κ2) is 9.89. The molecule has 1 unspecified atom stereocenters. The summed E-state index contributed by atoms with van der Waals surface area (Å²) in [6, 6.07) is 9.31. The van der Waals surface area contributed by atoms with Crippen LogP contribution in [0.25, 0.3) is 0 Å². The van der Waals surface area contributed by atoms with Crippen LogP contribution < -0.4 is 5.32 Å². The predicted molar refractivity (Wildman–Crippen MR) is 120 cm³/mol. The van der Waals surface area contributed by atoms with Crippen LogP contribution in [0, 0.1) is 0 Å². The number of phenols is 1. The molecule has 0 aromatic heterocycles. The number of hydrogen-bond donors (Lipinski definition) is 2. The van der Waals surface area contributed by atoms with E-state index in [1.807, 2.05) is 0 Å². The van der Waals surface area contributed by atoms with E-state index in [9.17, 15) is 19.5 Å². The monoisotopic (exact) mass is 474 g/mol. The number of ether oxygens (including phenoxy) is 1. The second-order valence-corrected chi connectivity index (χ2v) is 7.76. The Labute approximate surface area is 194 Å². The SMILES string of the molecule is CCOC(=O)C1=C(C)NC(=O)N(/C=C/C(=O)c2cc(Cl)ccc2O)C1c1ccc(Cl)cc1. The first-order valence-corrected chi connectivity index (χ1v) is 10.4. The van der Waals surface area contributed by atoms with Crippen molar-refractivity contribution in [2.24, 2.45) is 0 Å². The first kappa shape index (κ1) is 23.4. The average molecular weight is 475 g/mol. The van der Waals surface area contributed by atoms with Crippen LogP contribution in [0.1, 0.15) is 35.8 Å². The zero-order chi connectivity index (χ0) is 23.4. The number of amides is 2. The summed E-state index contributed by atoms with van der Waals surface area (Å²) in [5.41, 5.74) is 1.13. The van der Waals surface area contributed by atoms with Crippen LogP contribution in [0.5, 0.6) is 5.75 Å². The minimum atomic E-state index is -0.864. The highest BCUT2D eigenvalue weighted by molar-refractivity contribution is 6.31. The molecule has 1 heterocycles. The molecule has 0 spiro atoms. The third-order valence-electron chi connectivity index (χ3n) is 4.78. The molecule has 2 N–H and O–H groups in total. The number of carbonyl (C=O) groups is 3. The van der Waals surface area contributed by atoms with Crippen LogP contribution >= 0.6 is 23.2 Å². The van der Waals surface area contributed by atoms with Gasteiger partial charge in [-0.3, -0.25) is 9.69 Å². The van der Waals surface area contributed by atoms with Gasteiger partial charge in [-0.25, -0.2) is 9.59 Å². The molecular weight excluding hydrogens is 455 g/mol. The van der Waals surface area contributed by atoms with Crippen LogP contribution in [0.15, 0.2) is 66.0 Å². The molecule has 1 atom stereocenters. The number of rotatable bonds is 6. The molecule has 32 heavy (non-hydrogen) atoms. The second-order valence-electron chi connectivity index (χ2n) is 6.89. The molecule has 3 rings (SSSR count). The van der Waals surface area contributed by atoms with Gasteiger partial charge in [0.1, 0.15) is 5.75 Å². The first-order chi connectivity index (χ1) is 15.2. The lowest BCUT2D eigenvalue weighted by atomic mass is 9.94. The normalized spacial score (nSPS) is 16.3. The summed E-state index contributed by atoms with van der Waals surface area (Å²) >= 11 is 11.9. The van der Waals surface area contributed by atoms with Gasteiger partial charge in [0.05, 0.1) is 23.8 Å². The Balaban J connectivity index is 2.05. The number of ketones is 1. The van der Waals surface area contributed by atoms with Gasteiger partial charge in [-0.15, -0.1) is 0 Å². The molecule has 0 fully saturated rings. The number of benzene rings is 2. The molecule has 2 aromatic carbocycles. The fourth-order valence-corrected chi connectivity index (χ4v) is 3.59. The van der Waals surface area contributed by atoms with Crippen molar-refractivity contribution in [3.05, 3.63) is 87.2 Å². The number of nitrogens with zero attached hydrogens (tertiary/aromatic N) is 1. The van der Waals surface area contributed by atoms with Gasteiger partial charge in [0.2, 0.25) is 0 Å². The van der Waals surface area contributed by atoms with E-state index in [1.54, 1.807) is 38.1 Å². The highest BCUT2D eigenvalue weighted by Gasteiger charge is 2.37. The van der Waals surface area contributed by atoms with Crippen molar-refractivity contribution >= 4 is 41.0 Å². The third kappa shape index (κ3) is 4.95. The molecule has 0 aliphatic carbocycles. The number of halogens is 2. The standard InChI is InChI=1S/C23H20Cl2N2O5/c1-3-32-22(30)20-13(2)26-23(31)27(21(20)14-4-6-15(24)7-5-14)11-10-19(29)17-12-16(25)8-9-18(17)28/h4-12,21,28H,3H2,1-2H3,(H,26,31)/b11-10+. The topological polar surface area (TPSA) is 95.9 Å². The van der Waals surface area contributed by atoms with Crippen molar-refractivity contribution in [1.82, 2.24) is 10.2 Å². The highest BCUT2D eigenvalue weighted by Crippen LogP contribution is 2.35. The van der Waals surface area contributed by atoms with Gasteiger partial charge in [0, 0.05) is 28.0 Å². The van der Waals surface area contributed by atoms with Crippen LogP contribution in [-0.4, -0.2) is 34.4 Å². The van der Waals surface area contributed by atoms with Crippen molar-refractivity contribution in [3.8, 4) is 5.75 Å². The number of carbonyl (C=O) groups excluding carboxylic acids is 3. The van der Waals surface area contributed by atoms with Crippen molar-refractivity contribution in [2.45, 2.75) is 19.9 Å². The fourth-order valence-electron chi connectivity index (χ4n) is 3.30. The summed E-state index contributed by atoms with van der Waals surface area (Å²) in [6.45, 7) is 3.43. The van der Waals surface area contributed by atoms with E-state index in [0.717, 1.165) is 6.08 Å². The maximum absolute atomic E-state index is 12.8. The zero-order valence-corrected chi connectivity index (χ0v) is 18.8. The van der Waals surface area contributed by atoms with Crippen molar-refractivity contribution < 1.29 is 24.2 Å². The molecule has 2 amide bonds. The Morgan fingerprint density at radius 1 is 1.16 bits per heavy atom. The molecule has 9 heteroatoms. The molecule has 0 saturated heterocycles. The van der Waals surface area contributed by atoms with Gasteiger partial charge in [-0.1, -0.05) is 35.3 Å². The molecule has 1 aliphatic rings. The van der Waals surface area contributed by atoms with E-state index in [1.165, 1.54) is 29.3 Å². The Morgan fingerprint density at radius 2 is 1.81 bits per heavy atom. The number of phenolic OH excluding ortho intramolecular Hbond substituents is 1. The molecular formula is C23H20Cl2N2O5. The van der Waals surface area contributed by atoms with Crippen LogP contribution in [-0.2, 0) is 9.53 Å². The molecule has 0 saturated carbocycles. The quantitative estimate of drug-likeness (QED) is 0.348. The zero-order valence-electron chi connectivity index (χ0n) is 17.3. The number of urea groups is 1. The lowest BCUT2D eigenvalue weighted by Gasteiger charge is -2.35.